The second-order valence-electron chi connectivity index (χ2n) is 10.7. The molecular weight excluding hydrogens is 533 g/mol. The minimum absolute atomic E-state index is 0.0733. The third-order valence-electron chi connectivity index (χ3n) is 7.62. The molecule has 1 amide bonds. The van der Waals surface area contributed by atoms with Crippen molar-refractivity contribution in [3.63, 3.8) is 0 Å². The van der Waals surface area contributed by atoms with Gasteiger partial charge < -0.3 is 10.2 Å². The van der Waals surface area contributed by atoms with Gasteiger partial charge in [0.05, 0.1) is 22.0 Å². The number of nitrogens with zero attached hydrogens (tertiary/aromatic N) is 5. The molecule has 1 saturated heterocycles. The van der Waals surface area contributed by atoms with Crippen molar-refractivity contribution >= 4 is 27.4 Å². The molecule has 1 aromatic carbocycles. The second kappa shape index (κ2) is 9.61. The Bertz CT molecular complexity index is 1500. The zero-order valence-corrected chi connectivity index (χ0v) is 22.6. The fourth-order valence-electron chi connectivity index (χ4n) is 5.48. The molecule has 2 aromatic heterocycles. The number of carbonyl (C=O) groups excluding carboxylic acids is 1. The lowest BCUT2D eigenvalue weighted by Crippen LogP contribution is -2.54. The van der Waals surface area contributed by atoms with Crippen LogP contribution in [0.1, 0.15) is 45.1 Å². The summed E-state index contributed by atoms with van der Waals surface area (Å²) in [5.74, 6) is 0.00972. The van der Waals surface area contributed by atoms with Crippen molar-refractivity contribution in [3.8, 4) is 11.3 Å². The van der Waals surface area contributed by atoms with E-state index >= 15 is 0 Å². The maximum atomic E-state index is 13.5. The minimum Gasteiger partial charge on any atom is -0.340 e. The topological polar surface area (TPSA) is 110 Å². The van der Waals surface area contributed by atoms with Gasteiger partial charge in [-0.05, 0) is 62.8 Å². The molecule has 3 heterocycles. The largest absolute Gasteiger partial charge is 0.419 e. The average Bonchev–Trinajstić information content (AvgIpc) is 3.28. The van der Waals surface area contributed by atoms with Gasteiger partial charge in [0.2, 0.25) is 11.9 Å². The van der Waals surface area contributed by atoms with Crippen molar-refractivity contribution in [2.24, 2.45) is 12.5 Å². The lowest BCUT2D eigenvalue weighted by Gasteiger charge is -2.51. The van der Waals surface area contributed by atoms with E-state index in [1.165, 1.54) is 41.3 Å². The molecule has 1 aliphatic heterocycles. The maximum absolute atomic E-state index is 13.5. The average molecular weight is 563 g/mol. The van der Waals surface area contributed by atoms with E-state index in [-0.39, 0.29) is 39.5 Å². The highest BCUT2D eigenvalue weighted by Gasteiger charge is 2.53. The highest BCUT2D eigenvalue weighted by atomic mass is 32.2. The maximum Gasteiger partial charge on any atom is 0.419 e. The zero-order chi connectivity index (χ0) is 28.2. The number of halogens is 3. The van der Waals surface area contributed by atoms with Crippen LogP contribution in [0.4, 0.5) is 24.8 Å². The van der Waals surface area contributed by atoms with Crippen molar-refractivity contribution in [1.82, 2.24) is 24.6 Å². The summed E-state index contributed by atoms with van der Waals surface area (Å²) in [5.41, 5.74) is -0.941. The van der Waals surface area contributed by atoms with Crippen molar-refractivity contribution in [3.05, 3.63) is 48.4 Å². The fraction of sp³-hybridized carbons (Fsp3) is 0.462. The number of likely N-dealkylation sites (tertiary alicyclic amines) is 1. The third-order valence-corrected chi connectivity index (χ3v) is 9.76. The second-order valence-corrected chi connectivity index (χ2v) is 12.9. The Balaban J connectivity index is 1.29. The minimum atomic E-state index is -4.65. The first-order valence-corrected chi connectivity index (χ1v) is 14.2. The van der Waals surface area contributed by atoms with Gasteiger partial charge in [0.25, 0.3) is 0 Å². The van der Waals surface area contributed by atoms with Gasteiger partial charge in [-0.1, -0.05) is 0 Å². The molecule has 5 rings (SSSR count). The van der Waals surface area contributed by atoms with Gasteiger partial charge in [-0.15, -0.1) is 0 Å². The van der Waals surface area contributed by atoms with Crippen LogP contribution in [0.2, 0.25) is 0 Å². The highest BCUT2D eigenvalue weighted by molar-refractivity contribution is 7.92. The van der Waals surface area contributed by atoms with Gasteiger partial charge in [-0.2, -0.15) is 18.3 Å². The lowest BCUT2D eigenvalue weighted by molar-refractivity contribution is -0.143. The van der Waals surface area contributed by atoms with Crippen molar-refractivity contribution < 1.29 is 26.4 Å². The van der Waals surface area contributed by atoms with Crippen LogP contribution < -0.4 is 5.32 Å². The summed E-state index contributed by atoms with van der Waals surface area (Å²) in [5, 5.41) is 6.22. The van der Waals surface area contributed by atoms with Gasteiger partial charge in [0.1, 0.15) is 5.56 Å². The number of benzene rings is 1. The number of alkyl halides is 3. The number of aromatic nitrogens is 4. The molecule has 1 spiro atoms. The Morgan fingerprint density at radius 1 is 1.13 bits per heavy atom. The van der Waals surface area contributed by atoms with Crippen LogP contribution in [0, 0.1) is 5.41 Å². The third kappa shape index (κ3) is 5.23. The van der Waals surface area contributed by atoms with Gasteiger partial charge in [-0.25, -0.2) is 18.4 Å². The predicted molar refractivity (Wildman–Crippen MR) is 138 cm³/mol. The summed E-state index contributed by atoms with van der Waals surface area (Å²) in [7, 11) is -2.01. The van der Waals surface area contributed by atoms with Crippen LogP contribution in [0.25, 0.3) is 11.3 Å². The van der Waals surface area contributed by atoms with Gasteiger partial charge >= 0.3 is 6.18 Å². The highest BCUT2D eigenvalue weighted by Crippen LogP contribution is 2.53. The first-order chi connectivity index (χ1) is 18.3. The number of aryl methyl sites for hydroxylation is 1. The Kier molecular flexibility index (Phi) is 6.68. The van der Waals surface area contributed by atoms with E-state index in [9.17, 15) is 26.4 Å². The summed E-state index contributed by atoms with van der Waals surface area (Å²) >= 11 is 0. The summed E-state index contributed by atoms with van der Waals surface area (Å²) in [6.45, 7) is 4.61. The normalized spacial score (nSPS) is 21.9. The lowest BCUT2D eigenvalue weighted by atomic mass is 9.62. The van der Waals surface area contributed by atoms with E-state index in [0.717, 1.165) is 6.42 Å². The molecule has 2 aliphatic rings. The number of sulfone groups is 1. The molecule has 0 atom stereocenters. The SMILES string of the molecule is CC(C)N1CCC2(CC1=O)CC(S(=O)(=O)c1ccc(Nc3ncc(C(F)(F)F)c(-c4cnn(C)c4)n3)cc1)C2. The van der Waals surface area contributed by atoms with Crippen molar-refractivity contribution in [2.45, 2.75) is 61.9 Å². The number of rotatable bonds is 6. The van der Waals surface area contributed by atoms with E-state index in [1.807, 2.05) is 18.7 Å². The van der Waals surface area contributed by atoms with E-state index in [0.29, 0.717) is 37.7 Å². The summed E-state index contributed by atoms with van der Waals surface area (Å²) in [4.78, 5) is 22.4. The molecular formula is C26H29F3N6O3S. The molecule has 1 saturated carbocycles. The van der Waals surface area contributed by atoms with Crippen LogP contribution >= 0.6 is 0 Å². The summed E-state index contributed by atoms with van der Waals surface area (Å²) in [6.07, 6.45) is 0.878. The van der Waals surface area contributed by atoms with Gasteiger partial charge in [0.15, 0.2) is 9.84 Å². The molecule has 0 radical (unpaired) electrons. The zero-order valence-electron chi connectivity index (χ0n) is 21.7. The Hall–Kier alpha value is -3.48. The van der Waals surface area contributed by atoms with E-state index < -0.39 is 26.8 Å². The molecule has 13 heteroatoms. The molecule has 208 valence electrons. The summed E-state index contributed by atoms with van der Waals surface area (Å²) in [6, 6.07) is 6.10. The molecule has 2 fully saturated rings. The molecule has 1 N–H and O–H groups in total. The molecule has 3 aromatic rings. The Labute approximate surface area is 224 Å². The molecule has 1 aliphatic carbocycles. The molecule has 39 heavy (non-hydrogen) atoms. The monoisotopic (exact) mass is 562 g/mol. The smallest absolute Gasteiger partial charge is 0.340 e. The van der Waals surface area contributed by atoms with Crippen LogP contribution in [0.5, 0.6) is 0 Å². The predicted octanol–water partition coefficient (Wildman–Crippen LogP) is 4.59. The first kappa shape index (κ1) is 27.1. The Morgan fingerprint density at radius 2 is 1.82 bits per heavy atom. The van der Waals surface area contributed by atoms with E-state index in [1.54, 1.807) is 7.05 Å². The molecule has 0 unspecified atom stereocenters. The van der Waals surface area contributed by atoms with E-state index in [2.05, 4.69) is 20.4 Å². The standard InChI is InChI=1S/C26H29F3N6O3S/c1-16(2)35-9-8-25(12-22(35)36)10-20(11-25)39(37,38)19-6-4-18(5-7-19)32-24-30-14-21(26(27,28)29)23(33-24)17-13-31-34(3)15-17/h4-7,13-16,20H,8-12H2,1-3H3,(H,30,32,33). The van der Waals surface area contributed by atoms with Gasteiger partial charge in [-0.3, -0.25) is 9.48 Å². The van der Waals surface area contributed by atoms with Gasteiger partial charge in [0, 0.05) is 49.7 Å². The number of hydrogen-bond donors (Lipinski definition) is 1. The fourth-order valence-corrected chi connectivity index (χ4v) is 7.52. The quantitative estimate of drug-likeness (QED) is 0.468. The van der Waals surface area contributed by atoms with Crippen LogP contribution in [0.15, 0.2) is 47.8 Å². The number of hydrogen-bond acceptors (Lipinski definition) is 7. The number of amides is 1. The summed E-state index contributed by atoms with van der Waals surface area (Å²) < 4.78 is 68.5. The Morgan fingerprint density at radius 3 is 2.38 bits per heavy atom. The van der Waals surface area contributed by atoms with Crippen LogP contribution in [-0.4, -0.2) is 56.8 Å². The molecule has 9 nitrogen and oxygen atoms in total. The van der Waals surface area contributed by atoms with E-state index in [4.69, 9.17) is 0 Å². The number of piperidine rings is 1. The van der Waals surface area contributed by atoms with Crippen molar-refractivity contribution in [1.29, 1.82) is 0 Å². The molecule has 0 bridgehead atoms. The number of nitrogens with one attached hydrogen (secondary N) is 1. The number of carbonyl (C=O) groups is 1. The van der Waals surface area contributed by atoms with Crippen LogP contribution in [-0.2, 0) is 27.9 Å². The van der Waals surface area contributed by atoms with Crippen molar-refractivity contribution in [2.75, 3.05) is 11.9 Å². The number of anilines is 2. The van der Waals surface area contributed by atoms with Crippen LogP contribution in [0.3, 0.4) is 0 Å². The first-order valence-electron chi connectivity index (χ1n) is 12.6.